The van der Waals surface area contributed by atoms with Gasteiger partial charge in [0.1, 0.15) is 17.3 Å². The Bertz CT molecular complexity index is 507. The maximum Gasteiger partial charge on any atom is 0.164 e. The van der Waals surface area contributed by atoms with Crippen LogP contribution >= 0.6 is 11.3 Å². The monoisotopic (exact) mass is 233 g/mol. The number of nitriles is 1. The van der Waals surface area contributed by atoms with Crippen LogP contribution in [0.5, 0.6) is 0 Å². The first-order valence-corrected chi connectivity index (χ1v) is 5.63. The van der Waals surface area contributed by atoms with Gasteiger partial charge >= 0.3 is 0 Å². The molecule has 2 rings (SSSR count). The molecule has 2 heterocycles. The van der Waals surface area contributed by atoms with Crippen LogP contribution in [0, 0.1) is 11.3 Å². The lowest BCUT2D eigenvalue weighted by Crippen LogP contribution is -2.13. The Morgan fingerprint density at radius 3 is 3.00 bits per heavy atom. The van der Waals surface area contributed by atoms with Gasteiger partial charge < -0.3 is 5.32 Å². The predicted molar refractivity (Wildman–Crippen MR) is 60.6 cm³/mol. The highest BCUT2D eigenvalue weighted by Crippen LogP contribution is 2.14. The average molecular weight is 233 g/mol. The number of hydrogen-bond donors (Lipinski definition) is 1. The number of aryl methyl sites for hydroxylation is 1. The topological polar surface area (TPSA) is 66.5 Å². The van der Waals surface area contributed by atoms with Crippen LogP contribution in [-0.4, -0.2) is 14.8 Å². The minimum absolute atomic E-state index is 0.640. The maximum atomic E-state index is 8.67. The Kier molecular flexibility index (Phi) is 3.29. The summed E-state index contributed by atoms with van der Waals surface area (Å²) in [7, 11) is 1.84. The summed E-state index contributed by atoms with van der Waals surface area (Å²) < 4.78 is 1.68. The summed E-state index contributed by atoms with van der Waals surface area (Å²) >= 11 is 1.50. The smallest absolute Gasteiger partial charge is 0.164 e. The van der Waals surface area contributed by atoms with E-state index in [1.807, 2.05) is 19.2 Å². The van der Waals surface area contributed by atoms with Crippen molar-refractivity contribution < 1.29 is 0 Å². The molecule has 0 unspecified atom stereocenters. The van der Waals surface area contributed by atoms with Gasteiger partial charge in [0.25, 0.3) is 0 Å². The lowest BCUT2D eigenvalue weighted by Gasteiger charge is -1.98. The second-order valence-corrected chi connectivity index (χ2v) is 4.48. The zero-order chi connectivity index (χ0) is 11.4. The lowest BCUT2D eigenvalue weighted by molar-refractivity contribution is 0.654. The van der Waals surface area contributed by atoms with Gasteiger partial charge in [-0.2, -0.15) is 10.4 Å². The highest BCUT2D eigenvalue weighted by molar-refractivity contribution is 7.12. The van der Waals surface area contributed by atoms with Crippen LogP contribution in [0.3, 0.4) is 0 Å². The first-order chi connectivity index (χ1) is 7.78. The third-order valence-electron chi connectivity index (χ3n) is 2.00. The first kappa shape index (κ1) is 10.8. The third kappa shape index (κ3) is 2.66. The van der Waals surface area contributed by atoms with Crippen LogP contribution in [0.4, 0.5) is 0 Å². The molecule has 2 aromatic heterocycles. The average Bonchev–Trinajstić information content (AvgIpc) is 2.88. The van der Waals surface area contributed by atoms with Crippen molar-refractivity contribution in [2.75, 3.05) is 0 Å². The van der Waals surface area contributed by atoms with Crippen LogP contribution in [0.2, 0.25) is 0 Å². The molecule has 0 saturated carbocycles. The Morgan fingerprint density at radius 2 is 2.38 bits per heavy atom. The number of hydrogen-bond acceptors (Lipinski definition) is 5. The molecule has 0 spiro atoms. The molecule has 0 bridgehead atoms. The maximum absolute atomic E-state index is 8.67. The van der Waals surface area contributed by atoms with E-state index in [9.17, 15) is 0 Å². The van der Waals surface area contributed by atoms with Gasteiger partial charge in [-0.3, -0.25) is 4.68 Å². The fourth-order valence-electron chi connectivity index (χ4n) is 1.30. The van der Waals surface area contributed by atoms with Crippen molar-refractivity contribution >= 4 is 11.3 Å². The molecule has 0 saturated heterocycles. The largest absolute Gasteiger partial charge is 0.305 e. The van der Waals surface area contributed by atoms with Crippen molar-refractivity contribution in [1.29, 1.82) is 5.26 Å². The van der Waals surface area contributed by atoms with Crippen molar-refractivity contribution in [3.8, 4) is 6.07 Å². The zero-order valence-corrected chi connectivity index (χ0v) is 9.66. The molecule has 5 nitrogen and oxygen atoms in total. The van der Waals surface area contributed by atoms with Gasteiger partial charge in [0.05, 0.1) is 6.54 Å². The summed E-state index contributed by atoms with van der Waals surface area (Å²) in [6.45, 7) is 1.38. The second-order valence-electron chi connectivity index (χ2n) is 3.32. The van der Waals surface area contributed by atoms with Gasteiger partial charge in [0, 0.05) is 18.5 Å². The molecule has 82 valence electrons. The molecule has 0 aliphatic rings. The molecule has 16 heavy (non-hydrogen) atoms. The summed E-state index contributed by atoms with van der Waals surface area (Å²) in [6.07, 6.45) is 1.68. The second kappa shape index (κ2) is 4.88. The first-order valence-electron chi connectivity index (χ1n) is 4.82. The Balaban J connectivity index is 1.82. The quantitative estimate of drug-likeness (QED) is 0.856. The fraction of sp³-hybridized carbons (Fsp3) is 0.300. The number of nitrogens with zero attached hydrogens (tertiary/aromatic N) is 4. The van der Waals surface area contributed by atoms with Crippen molar-refractivity contribution in [1.82, 2.24) is 20.1 Å². The van der Waals surface area contributed by atoms with E-state index in [1.54, 1.807) is 11.0 Å². The van der Waals surface area contributed by atoms with E-state index >= 15 is 0 Å². The molecule has 0 aliphatic heterocycles. The van der Waals surface area contributed by atoms with E-state index in [0.29, 0.717) is 6.54 Å². The molecule has 0 atom stereocenters. The van der Waals surface area contributed by atoms with Gasteiger partial charge in [0.15, 0.2) is 5.82 Å². The third-order valence-corrected chi connectivity index (χ3v) is 2.99. The van der Waals surface area contributed by atoms with Gasteiger partial charge in [-0.05, 0) is 12.1 Å². The van der Waals surface area contributed by atoms with Gasteiger partial charge in [-0.1, -0.05) is 0 Å². The van der Waals surface area contributed by atoms with Gasteiger partial charge in [-0.15, -0.1) is 11.3 Å². The number of aromatic nitrogens is 3. The summed E-state index contributed by atoms with van der Waals surface area (Å²) in [5.41, 5.74) is 0. The molecule has 6 heteroatoms. The zero-order valence-electron chi connectivity index (χ0n) is 8.84. The van der Waals surface area contributed by atoms with Gasteiger partial charge in [-0.25, -0.2) is 4.98 Å². The van der Waals surface area contributed by atoms with E-state index in [1.165, 1.54) is 11.3 Å². The lowest BCUT2D eigenvalue weighted by atomic mass is 10.4. The fourth-order valence-corrected chi connectivity index (χ4v) is 2.07. The van der Waals surface area contributed by atoms with Crippen molar-refractivity contribution in [3.63, 3.8) is 0 Å². The molecular weight excluding hydrogens is 222 g/mol. The molecule has 2 aromatic rings. The summed E-state index contributed by atoms with van der Waals surface area (Å²) in [6, 6.07) is 5.92. The minimum atomic E-state index is 0.640. The van der Waals surface area contributed by atoms with E-state index < -0.39 is 0 Å². The van der Waals surface area contributed by atoms with E-state index in [4.69, 9.17) is 5.26 Å². The van der Waals surface area contributed by atoms with Crippen LogP contribution < -0.4 is 5.32 Å². The number of rotatable bonds is 4. The highest BCUT2D eigenvalue weighted by Gasteiger charge is 2.01. The molecule has 1 N–H and O–H groups in total. The Hall–Kier alpha value is -1.71. The van der Waals surface area contributed by atoms with Crippen molar-refractivity contribution in [3.05, 3.63) is 34.0 Å². The summed E-state index contributed by atoms with van der Waals surface area (Å²) in [5.74, 6) is 0.777. The van der Waals surface area contributed by atoms with Crippen LogP contribution in [0.1, 0.15) is 15.6 Å². The molecule has 0 aliphatic carbocycles. The predicted octanol–water partition coefficient (Wildman–Crippen LogP) is 1.04. The Morgan fingerprint density at radius 1 is 1.50 bits per heavy atom. The van der Waals surface area contributed by atoms with Crippen LogP contribution in [-0.2, 0) is 20.1 Å². The minimum Gasteiger partial charge on any atom is -0.305 e. The van der Waals surface area contributed by atoms with Crippen LogP contribution in [0.15, 0.2) is 18.5 Å². The standard InChI is InChI=1S/C10H11N5S/c1-15-7-13-10(14-15)6-12-5-9-3-2-8(4-11)16-9/h2-3,7,12H,5-6H2,1H3. The highest BCUT2D eigenvalue weighted by atomic mass is 32.1. The van der Waals surface area contributed by atoms with E-state index in [0.717, 1.165) is 22.1 Å². The molecule has 0 aromatic carbocycles. The SMILES string of the molecule is Cn1cnc(CNCc2ccc(C#N)s2)n1. The normalized spacial score (nSPS) is 10.2. The van der Waals surface area contributed by atoms with E-state index in [-0.39, 0.29) is 0 Å². The molecule has 0 amide bonds. The van der Waals surface area contributed by atoms with Crippen LogP contribution in [0.25, 0.3) is 0 Å². The number of thiophene rings is 1. The molecular formula is C10H11N5S. The van der Waals surface area contributed by atoms with Crippen molar-refractivity contribution in [2.24, 2.45) is 7.05 Å². The summed E-state index contributed by atoms with van der Waals surface area (Å²) in [4.78, 5) is 6.00. The Labute approximate surface area is 97.4 Å². The molecule has 0 radical (unpaired) electrons. The van der Waals surface area contributed by atoms with Gasteiger partial charge in [0.2, 0.25) is 0 Å². The number of nitrogens with one attached hydrogen (secondary N) is 1. The molecule has 0 fully saturated rings. The van der Waals surface area contributed by atoms with E-state index in [2.05, 4.69) is 21.5 Å². The van der Waals surface area contributed by atoms with Crippen molar-refractivity contribution in [2.45, 2.75) is 13.1 Å². The summed E-state index contributed by atoms with van der Waals surface area (Å²) in [5, 5.41) is 16.1.